The number of benzene rings is 1. The molecule has 0 N–H and O–H groups in total. The van der Waals surface area contributed by atoms with Crippen LogP contribution in [0.2, 0.25) is 0 Å². The zero-order valence-electron chi connectivity index (χ0n) is 15.9. The first-order chi connectivity index (χ1) is 12.7. The number of anilines is 3. The van der Waals surface area contributed by atoms with Crippen LogP contribution in [0.3, 0.4) is 0 Å². The van der Waals surface area contributed by atoms with E-state index in [0.717, 1.165) is 62.6 Å². The molecule has 1 aromatic heterocycles. The first-order valence-electron chi connectivity index (χ1n) is 9.84. The smallest absolute Gasteiger partial charge is 0.227 e. The van der Waals surface area contributed by atoms with E-state index in [1.165, 1.54) is 18.5 Å². The van der Waals surface area contributed by atoms with E-state index in [2.05, 4.69) is 64.9 Å². The van der Waals surface area contributed by atoms with Gasteiger partial charge < -0.3 is 14.7 Å². The second-order valence-corrected chi connectivity index (χ2v) is 7.67. The summed E-state index contributed by atoms with van der Waals surface area (Å²) in [6, 6.07) is 12.8. The van der Waals surface area contributed by atoms with E-state index in [1.54, 1.807) is 0 Å². The van der Waals surface area contributed by atoms with Crippen LogP contribution in [0.1, 0.15) is 25.5 Å². The third-order valence-corrected chi connectivity index (χ3v) is 5.49. The maximum atomic E-state index is 4.94. The molecule has 4 rings (SSSR count). The Morgan fingerprint density at radius 3 is 2.35 bits per heavy atom. The average Bonchev–Trinajstić information content (AvgIpc) is 2.68. The van der Waals surface area contributed by atoms with Crippen molar-refractivity contribution in [2.24, 2.45) is 5.92 Å². The third-order valence-electron chi connectivity index (χ3n) is 5.49. The molecular weight excluding hydrogens is 322 g/mol. The lowest BCUT2D eigenvalue weighted by Crippen LogP contribution is -2.47. The molecule has 2 aliphatic heterocycles. The Hall–Kier alpha value is -2.30. The molecule has 2 fully saturated rings. The maximum Gasteiger partial charge on any atom is 0.227 e. The number of nitrogens with zero attached hydrogens (tertiary/aromatic N) is 5. The van der Waals surface area contributed by atoms with Crippen LogP contribution in [-0.4, -0.2) is 49.2 Å². The van der Waals surface area contributed by atoms with Crippen LogP contribution >= 0.6 is 0 Å². The van der Waals surface area contributed by atoms with Gasteiger partial charge in [-0.15, -0.1) is 0 Å². The Morgan fingerprint density at radius 1 is 0.885 bits per heavy atom. The second-order valence-electron chi connectivity index (χ2n) is 7.67. The number of piperazine rings is 1. The largest absolute Gasteiger partial charge is 0.368 e. The van der Waals surface area contributed by atoms with Crippen LogP contribution < -0.4 is 14.7 Å². The van der Waals surface area contributed by atoms with Crippen molar-refractivity contribution in [1.82, 2.24) is 9.97 Å². The molecule has 2 aromatic rings. The second kappa shape index (κ2) is 7.52. The quantitative estimate of drug-likeness (QED) is 0.847. The summed E-state index contributed by atoms with van der Waals surface area (Å²) in [5.74, 6) is 2.72. The Kier molecular flexibility index (Phi) is 4.96. The third kappa shape index (κ3) is 3.76. The van der Waals surface area contributed by atoms with Crippen LogP contribution in [0.4, 0.5) is 17.5 Å². The van der Waals surface area contributed by atoms with Gasteiger partial charge >= 0.3 is 0 Å². The lowest BCUT2D eigenvalue weighted by Gasteiger charge is -2.37. The van der Waals surface area contributed by atoms with E-state index in [0.29, 0.717) is 0 Å². The van der Waals surface area contributed by atoms with E-state index in [-0.39, 0.29) is 0 Å². The van der Waals surface area contributed by atoms with Crippen molar-refractivity contribution >= 4 is 17.5 Å². The van der Waals surface area contributed by atoms with Gasteiger partial charge in [-0.25, -0.2) is 4.98 Å². The number of hydrogen-bond donors (Lipinski definition) is 0. The minimum absolute atomic E-state index is 0.728. The molecular formula is C21H29N5. The molecule has 5 heteroatoms. The fourth-order valence-corrected chi connectivity index (χ4v) is 4.04. The summed E-state index contributed by atoms with van der Waals surface area (Å²) >= 11 is 0. The van der Waals surface area contributed by atoms with Gasteiger partial charge in [0.25, 0.3) is 0 Å². The Labute approximate surface area is 156 Å². The summed E-state index contributed by atoms with van der Waals surface area (Å²) in [6.07, 6.45) is 2.56. The molecule has 0 amide bonds. The number of para-hydroxylation sites is 1. The minimum Gasteiger partial charge on any atom is -0.368 e. The van der Waals surface area contributed by atoms with Crippen LogP contribution in [0.25, 0.3) is 0 Å². The van der Waals surface area contributed by atoms with Crippen molar-refractivity contribution in [3.63, 3.8) is 0 Å². The highest BCUT2D eigenvalue weighted by Crippen LogP contribution is 2.24. The predicted octanol–water partition coefficient (Wildman–Crippen LogP) is 3.35. The zero-order valence-corrected chi connectivity index (χ0v) is 15.9. The summed E-state index contributed by atoms with van der Waals surface area (Å²) in [7, 11) is 0. The van der Waals surface area contributed by atoms with Gasteiger partial charge in [-0.2, -0.15) is 4.98 Å². The van der Waals surface area contributed by atoms with Gasteiger partial charge in [0.2, 0.25) is 5.95 Å². The SMILES string of the molecule is Cc1cc(N2CCN(c3ccccc3)CC2)nc(N2CCCC(C)C2)n1. The lowest BCUT2D eigenvalue weighted by atomic mass is 10.0. The highest BCUT2D eigenvalue weighted by atomic mass is 15.3. The molecule has 0 bridgehead atoms. The zero-order chi connectivity index (χ0) is 17.9. The molecule has 0 saturated carbocycles. The fourth-order valence-electron chi connectivity index (χ4n) is 4.04. The number of piperidine rings is 1. The van der Waals surface area contributed by atoms with E-state index in [1.807, 2.05) is 0 Å². The van der Waals surface area contributed by atoms with Crippen molar-refractivity contribution < 1.29 is 0 Å². The van der Waals surface area contributed by atoms with E-state index < -0.39 is 0 Å². The standard InChI is InChI=1S/C21H29N5/c1-17-7-6-10-26(16-17)21-22-18(2)15-20(23-21)25-13-11-24(12-14-25)19-8-4-3-5-9-19/h3-5,8-9,15,17H,6-7,10-14,16H2,1-2H3. The van der Waals surface area contributed by atoms with Crippen LogP contribution in [-0.2, 0) is 0 Å². The molecule has 0 spiro atoms. The minimum atomic E-state index is 0.728. The molecule has 3 heterocycles. The molecule has 0 radical (unpaired) electrons. The van der Waals surface area contributed by atoms with Gasteiger partial charge in [0.1, 0.15) is 5.82 Å². The topological polar surface area (TPSA) is 35.5 Å². The summed E-state index contributed by atoms with van der Waals surface area (Å²) < 4.78 is 0. The van der Waals surface area contributed by atoms with Gasteiger partial charge in [0.15, 0.2) is 0 Å². The number of aryl methyl sites for hydroxylation is 1. The van der Waals surface area contributed by atoms with Crippen molar-refractivity contribution in [3.8, 4) is 0 Å². The van der Waals surface area contributed by atoms with Crippen molar-refractivity contribution in [3.05, 3.63) is 42.1 Å². The average molecular weight is 351 g/mol. The Balaban J connectivity index is 1.46. The molecule has 1 unspecified atom stereocenters. The normalized spacial score (nSPS) is 21.2. The Morgan fingerprint density at radius 2 is 1.62 bits per heavy atom. The van der Waals surface area contributed by atoms with Crippen molar-refractivity contribution in [1.29, 1.82) is 0 Å². The summed E-state index contributed by atoms with van der Waals surface area (Å²) in [6.45, 7) is 10.6. The molecule has 5 nitrogen and oxygen atoms in total. The molecule has 0 aliphatic carbocycles. The Bertz CT molecular complexity index is 724. The van der Waals surface area contributed by atoms with Crippen LogP contribution in [0.5, 0.6) is 0 Å². The highest BCUT2D eigenvalue weighted by Gasteiger charge is 2.22. The van der Waals surface area contributed by atoms with Crippen LogP contribution in [0.15, 0.2) is 36.4 Å². The first-order valence-corrected chi connectivity index (χ1v) is 9.84. The van der Waals surface area contributed by atoms with Gasteiger partial charge in [0, 0.05) is 56.7 Å². The molecule has 26 heavy (non-hydrogen) atoms. The molecule has 138 valence electrons. The van der Waals surface area contributed by atoms with Crippen LogP contribution in [0, 0.1) is 12.8 Å². The monoisotopic (exact) mass is 351 g/mol. The number of hydrogen-bond acceptors (Lipinski definition) is 5. The summed E-state index contributed by atoms with van der Waals surface area (Å²) in [4.78, 5) is 16.9. The fraction of sp³-hybridized carbons (Fsp3) is 0.524. The van der Waals surface area contributed by atoms with Crippen molar-refractivity contribution in [2.75, 3.05) is 54.0 Å². The van der Waals surface area contributed by atoms with Gasteiger partial charge in [-0.3, -0.25) is 0 Å². The van der Waals surface area contributed by atoms with Gasteiger partial charge in [-0.1, -0.05) is 25.1 Å². The molecule has 1 atom stereocenters. The van der Waals surface area contributed by atoms with E-state index >= 15 is 0 Å². The van der Waals surface area contributed by atoms with E-state index in [4.69, 9.17) is 9.97 Å². The molecule has 2 saturated heterocycles. The van der Waals surface area contributed by atoms with E-state index in [9.17, 15) is 0 Å². The van der Waals surface area contributed by atoms with Gasteiger partial charge in [-0.05, 0) is 37.8 Å². The first kappa shape index (κ1) is 17.1. The van der Waals surface area contributed by atoms with Gasteiger partial charge in [0.05, 0.1) is 0 Å². The highest BCUT2D eigenvalue weighted by molar-refractivity contribution is 5.51. The number of aromatic nitrogens is 2. The summed E-state index contributed by atoms with van der Waals surface area (Å²) in [5, 5.41) is 0. The molecule has 1 aromatic carbocycles. The number of rotatable bonds is 3. The summed E-state index contributed by atoms with van der Waals surface area (Å²) in [5.41, 5.74) is 2.38. The predicted molar refractivity (Wildman–Crippen MR) is 108 cm³/mol. The maximum absolute atomic E-state index is 4.94. The lowest BCUT2D eigenvalue weighted by molar-refractivity contribution is 0.441. The van der Waals surface area contributed by atoms with Crippen molar-refractivity contribution in [2.45, 2.75) is 26.7 Å². The molecule has 2 aliphatic rings.